The molecule has 0 bridgehead atoms. The summed E-state index contributed by atoms with van der Waals surface area (Å²) in [5.41, 5.74) is 7.05. The molecule has 2 rings (SSSR count). The fourth-order valence-electron chi connectivity index (χ4n) is 2.23. The minimum Gasteiger partial charge on any atom is -0.330 e. The number of nitrogens with two attached hydrogens (primary N) is 1. The summed E-state index contributed by atoms with van der Waals surface area (Å²) < 4.78 is 0. The molecule has 1 saturated heterocycles. The van der Waals surface area contributed by atoms with Crippen LogP contribution in [-0.2, 0) is 0 Å². The summed E-state index contributed by atoms with van der Waals surface area (Å²) in [7, 11) is 0. The summed E-state index contributed by atoms with van der Waals surface area (Å²) in [5.74, 6) is 0.742. The topological polar surface area (TPSA) is 29.3 Å². The first-order chi connectivity index (χ1) is 7.31. The summed E-state index contributed by atoms with van der Waals surface area (Å²) in [5, 5.41) is 0. The molecule has 1 fully saturated rings. The standard InChI is InChI=1S/C13H20N2/c1-11(7-8-14)15-9-13(10-15)12-5-3-2-4-6-12/h2-6,11,13H,7-10,14H2,1H3. The average molecular weight is 204 g/mol. The molecule has 1 aromatic carbocycles. The molecule has 1 atom stereocenters. The van der Waals surface area contributed by atoms with Crippen LogP contribution in [0.3, 0.4) is 0 Å². The van der Waals surface area contributed by atoms with Crippen LogP contribution in [0, 0.1) is 0 Å². The highest BCUT2D eigenvalue weighted by molar-refractivity contribution is 5.22. The van der Waals surface area contributed by atoms with Gasteiger partial charge in [-0.25, -0.2) is 0 Å². The van der Waals surface area contributed by atoms with Crippen LogP contribution in [0.1, 0.15) is 24.8 Å². The van der Waals surface area contributed by atoms with Gasteiger partial charge in [0.05, 0.1) is 0 Å². The Balaban J connectivity index is 1.83. The minimum absolute atomic E-state index is 0.648. The van der Waals surface area contributed by atoms with Crippen LogP contribution in [0.15, 0.2) is 30.3 Å². The van der Waals surface area contributed by atoms with E-state index < -0.39 is 0 Å². The van der Waals surface area contributed by atoms with Gasteiger partial charge in [-0.3, -0.25) is 4.90 Å². The molecular weight excluding hydrogens is 184 g/mol. The molecule has 2 heteroatoms. The van der Waals surface area contributed by atoms with Crippen LogP contribution in [-0.4, -0.2) is 30.6 Å². The monoisotopic (exact) mass is 204 g/mol. The van der Waals surface area contributed by atoms with Crippen molar-refractivity contribution in [1.82, 2.24) is 4.90 Å². The van der Waals surface area contributed by atoms with Crippen molar-refractivity contribution in [2.45, 2.75) is 25.3 Å². The van der Waals surface area contributed by atoms with Crippen LogP contribution < -0.4 is 5.73 Å². The number of benzene rings is 1. The van der Waals surface area contributed by atoms with Crippen LogP contribution >= 0.6 is 0 Å². The van der Waals surface area contributed by atoms with Gasteiger partial charge in [0.25, 0.3) is 0 Å². The Morgan fingerprint density at radius 2 is 2.00 bits per heavy atom. The Bertz CT molecular complexity index is 291. The predicted molar refractivity (Wildman–Crippen MR) is 63.9 cm³/mol. The Kier molecular flexibility index (Phi) is 3.39. The molecule has 1 aliphatic heterocycles. The fourth-order valence-corrected chi connectivity index (χ4v) is 2.23. The van der Waals surface area contributed by atoms with Crippen molar-refractivity contribution in [2.75, 3.05) is 19.6 Å². The van der Waals surface area contributed by atoms with Gasteiger partial charge < -0.3 is 5.73 Å². The van der Waals surface area contributed by atoms with Crippen molar-refractivity contribution in [2.24, 2.45) is 5.73 Å². The zero-order valence-corrected chi connectivity index (χ0v) is 9.39. The van der Waals surface area contributed by atoms with Crippen molar-refractivity contribution < 1.29 is 0 Å². The van der Waals surface area contributed by atoms with Gasteiger partial charge in [0.2, 0.25) is 0 Å². The van der Waals surface area contributed by atoms with Crippen molar-refractivity contribution in [3.63, 3.8) is 0 Å². The molecule has 0 amide bonds. The van der Waals surface area contributed by atoms with Gasteiger partial charge in [-0.15, -0.1) is 0 Å². The first-order valence-corrected chi connectivity index (χ1v) is 5.80. The SMILES string of the molecule is CC(CCN)N1CC(c2ccccc2)C1. The molecule has 15 heavy (non-hydrogen) atoms. The van der Waals surface area contributed by atoms with Crippen LogP contribution in [0.25, 0.3) is 0 Å². The molecule has 1 heterocycles. The van der Waals surface area contributed by atoms with E-state index in [2.05, 4.69) is 42.2 Å². The maximum Gasteiger partial charge on any atom is 0.00938 e. The van der Waals surface area contributed by atoms with E-state index in [1.807, 2.05) is 0 Å². The summed E-state index contributed by atoms with van der Waals surface area (Å²) in [6, 6.07) is 11.4. The summed E-state index contributed by atoms with van der Waals surface area (Å²) in [4.78, 5) is 2.52. The van der Waals surface area contributed by atoms with Crippen molar-refractivity contribution in [3.05, 3.63) is 35.9 Å². The second kappa shape index (κ2) is 4.77. The van der Waals surface area contributed by atoms with Gasteiger partial charge in [0, 0.05) is 25.0 Å². The molecule has 2 N–H and O–H groups in total. The van der Waals surface area contributed by atoms with Gasteiger partial charge in [-0.2, -0.15) is 0 Å². The second-order valence-electron chi connectivity index (χ2n) is 4.49. The highest BCUT2D eigenvalue weighted by Crippen LogP contribution is 2.28. The number of hydrogen-bond donors (Lipinski definition) is 1. The third-order valence-corrected chi connectivity index (χ3v) is 3.39. The Hall–Kier alpha value is -0.860. The fraction of sp³-hybridized carbons (Fsp3) is 0.538. The van der Waals surface area contributed by atoms with Crippen molar-refractivity contribution in [1.29, 1.82) is 0 Å². The third kappa shape index (κ3) is 2.39. The Morgan fingerprint density at radius 1 is 1.33 bits per heavy atom. The van der Waals surface area contributed by atoms with E-state index in [1.54, 1.807) is 0 Å². The molecule has 0 aromatic heterocycles. The third-order valence-electron chi connectivity index (χ3n) is 3.39. The first-order valence-electron chi connectivity index (χ1n) is 5.80. The predicted octanol–water partition coefficient (Wildman–Crippen LogP) is 1.82. The first kappa shape index (κ1) is 10.7. The smallest absolute Gasteiger partial charge is 0.00938 e. The van der Waals surface area contributed by atoms with Crippen molar-refractivity contribution >= 4 is 0 Å². The van der Waals surface area contributed by atoms with E-state index in [4.69, 9.17) is 5.73 Å². The maximum atomic E-state index is 5.57. The van der Waals surface area contributed by atoms with E-state index in [0.29, 0.717) is 6.04 Å². The zero-order chi connectivity index (χ0) is 10.7. The summed E-state index contributed by atoms with van der Waals surface area (Å²) in [6.07, 6.45) is 1.11. The van der Waals surface area contributed by atoms with E-state index >= 15 is 0 Å². The number of hydrogen-bond acceptors (Lipinski definition) is 2. The molecule has 0 aliphatic carbocycles. The van der Waals surface area contributed by atoms with E-state index in [1.165, 1.54) is 18.7 Å². The number of likely N-dealkylation sites (tertiary alicyclic amines) is 1. The quantitative estimate of drug-likeness (QED) is 0.810. The number of rotatable bonds is 4. The normalized spacial score (nSPS) is 19.9. The van der Waals surface area contributed by atoms with Gasteiger partial charge in [0.15, 0.2) is 0 Å². The molecule has 82 valence electrons. The molecule has 1 unspecified atom stereocenters. The van der Waals surface area contributed by atoms with Crippen LogP contribution in [0.5, 0.6) is 0 Å². The molecular formula is C13H20N2. The lowest BCUT2D eigenvalue weighted by atomic mass is 9.90. The highest BCUT2D eigenvalue weighted by atomic mass is 15.2. The van der Waals surface area contributed by atoms with Crippen LogP contribution in [0.4, 0.5) is 0 Å². The molecule has 2 nitrogen and oxygen atoms in total. The highest BCUT2D eigenvalue weighted by Gasteiger charge is 2.30. The Labute approximate surface area is 92.1 Å². The van der Waals surface area contributed by atoms with Gasteiger partial charge >= 0.3 is 0 Å². The second-order valence-corrected chi connectivity index (χ2v) is 4.49. The van der Waals surface area contributed by atoms with E-state index in [-0.39, 0.29) is 0 Å². The maximum absolute atomic E-state index is 5.57. The summed E-state index contributed by atoms with van der Waals surface area (Å²) >= 11 is 0. The molecule has 0 radical (unpaired) electrons. The minimum atomic E-state index is 0.648. The number of nitrogens with zero attached hydrogens (tertiary/aromatic N) is 1. The molecule has 0 spiro atoms. The van der Waals surface area contributed by atoms with Gasteiger partial charge in [-0.05, 0) is 25.5 Å². The molecule has 0 saturated carbocycles. The average Bonchev–Trinajstić information content (AvgIpc) is 2.17. The lowest BCUT2D eigenvalue weighted by Crippen LogP contribution is -2.50. The lowest BCUT2D eigenvalue weighted by molar-refractivity contribution is 0.0968. The molecule has 1 aliphatic rings. The molecule has 1 aromatic rings. The Morgan fingerprint density at radius 3 is 2.60 bits per heavy atom. The van der Waals surface area contributed by atoms with E-state index in [0.717, 1.165) is 18.9 Å². The van der Waals surface area contributed by atoms with Crippen molar-refractivity contribution in [3.8, 4) is 0 Å². The van der Waals surface area contributed by atoms with Gasteiger partial charge in [-0.1, -0.05) is 30.3 Å². The lowest BCUT2D eigenvalue weighted by Gasteiger charge is -2.43. The van der Waals surface area contributed by atoms with E-state index in [9.17, 15) is 0 Å². The largest absolute Gasteiger partial charge is 0.330 e. The summed E-state index contributed by atoms with van der Waals surface area (Å²) in [6.45, 7) is 5.47. The van der Waals surface area contributed by atoms with Crippen LogP contribution in [0.2, 0.25) is 0 Å². The van der Waals surface area contributed by atoms with Gasteiger partial charge in [0.1, 0.15) is 0 Å². The zero-order valence-electron chi connectivity index (χ0n) is 9.39.